The zero-order chi connectivity index (χ0) is 14.6. The molecule has 0 saturated carbocycles. The van der Waals surface area contributed by atoms with Gasteiger partial charge in [-0.2, -0.15) is 0 Å². The van der Waals surface area contributed by atoms with Gasteiger partial charge in [-0.15, -0.1) is 12.4 Å². The van der Waals surface area contributed by atoms with E-state index in [2.05, 4.69) is 19.2 Å². The minimum absolute atomic E-state index is 0. The molecule has 3 nitrogen and oxygen atoms in total. The fraction of sp³-hybridized carbons (Fsp3) is 0.562. The van der Waals surface area contributed by atoms with E-state index in [9.17, 15) is 4.79 Å². The van der Waals surface area contributed by atoms with E-state index in [0.29, 0.717) is 18.0 Å². The van der Waals surface area contributed by atoms with Gasteiger partial charge in [0.15, 0.2) is 0 Å². The Morgan fingerprint density at radius 1 is 1.30 bits per heavy atom. The van der Waals surface area contributed by atoms with Gasteiger partial charge < -0.3 is 11.1 Å². The fourth-order valence-electron chi connectivity index (χ4n) is 2.32. The van der Waals surface area contributed by atoms with Gasteiger partial charge in [0.2, 0.25) is 0 Å². The molecule has 0 aromatic heterocycles. The highest BCUT2D eigenvalue weighted by Gasteiger charge is 2.26. The smallest absolute Gasteiger partial charge is 0.251 e. The maximum atomic E-state index is 12.3. The van der Waals surface area contributed by atoms with Crippen molar-refractivity contribution in [2.24, 2.45) is 11.7 Å². The van der Waals surface area contributed by atoms with Crippen molar-refractivity contribution in [2.45, 2.75) is 46.6 Å². The number of hydrogen-bond donors (Lipinski definition) is 2. The van der Waals surface area contributed by atoms with Crippen LogP contribution in [-0.2, 0) is 0 Å². The van der Waals surface area contributed by atoms with Crippen molar-refractivity contribution in [3.05, 3.63) is 34.9 Å². The quantitative estimate of drug-likeness (QED) is 0.877. The lowest BCUT2D eigenvalue weighted by Gasteiger charge is -2.31. The third-order valence-electron chi connectivity index (χ3n) is 3.49. The van der Waals surface area contributed by atoms with E-state index in [1.54, 1.807) is 0 Å². The first-order valence-electron chi connectivity index (χ1n) is 6.87. The van der Waals surface area contributed by atoms with Gasteiger partial charge in [-0.05, 0) is 56.4 Å². The zero-order valence-electron chi connectivity index (χ0n) is 13.1. The summed E-state index contributed by atoms with van der Waals surface area (Å²) in [5, 5.41) is 3.07. The molecule has 0 spiro atoms. The second kappa shape index (κ2) is 7.65. The van der Waals surface area contributed by atoms with Crippen molar-refractivity contribution in [1.29, 1.82) is 0 Å². The molecule has 1 aromatic rings. The molecule has 1 amide bonds. The Hall–Kier alpha value is -1.06. The number of nitrogens with two attached hydrogens (primary N) is 1. The predicted molar refractivity (Wildman–Crippen MR) is 87.5 cm³/mol. The maximum Gasteiger partial charge on any atom is 0.251 e. The molecule has 0 fully saturated rings. The lowest BCUT2D eigenvalue weighted by molar-refractivity contribution is 0.0898. The normalized spacial score (nSPS) is 13.6. The number of halogens is 1. The van der Waals surface area contributed by atoms with Gasteiger partial charge in [-0.25, -0.2) is 0 Å². The summed E-state index contributed by atoms with van der Waals surface area (Å²) in [6.45, 7) is 10.8. The third-order valence-corrected chi connectivity index (χ3v) is 3.49. The Morgan fingerprint density at radius 2 is 1.90 bits per heavy atom. The average Bonchev–Trinajstić information content (AvgIpc) is 2.31. The first-order valence-corrected chi connectivity index (χ1v) is 6.87. The maximum absolute atomic E-state index is 12.3. The lowest BCUT2D eigenvalue weighted by atomic mass is 9.90. The van der Waals surface area contributed by atoms with Gasteiger partial charge >= 0.3 is 0 Å². The third kappa shape index (κ3) is 5.14. The van der Waals surface area contributed by atoms with E-state index < -0.39 is 0 Å². The van der Waals surface area contributed by atoms with Gasteiger partial charge in [0.25, 0.3) is 5.91 Å². The van der Waals surface area contributed by atoms with Gasteiger partial charge in [-0.3, -0.25) is 4.79 Å². The molecule has 114 valence electrons. The van der Waals surface area contributed by atoms with Crippen LogP contribution < -0.4 is 11.1 Å². The molecule has 0 aliphatic rings. The molecule has 1 rings (SSSR count). The Kier molecular flexibility index (Phi) is 7.25. The summed E-state index contributed by atoms with van der Waals surface area (Å²) >= 11 is 0. The molecule has 1 aromatic carbocycles. The van der Waals surface area contributed by atoms with Gasteiger partial charge in [-0.1, -0.05) is 19.9 Å². The molecule has 0 bridgehead atoms. The van der Waals surface area contributed by atoms with Crippen LogP contribution in [0.5, 0.6) is 0 Å². The predicted octanol–water partition coefficient (Wildman–Crippen LogP) is 3.22. The molecule has 0 saturated heterocycles. The van der Waals surface area contributed by atoms with E-state index in [1.165, 1.54) is 5.56 Å². The number of amides is 1. The fourth-order valence-corrected chi connectivity index (χ4v) is 2.32. The van der Waals surface area contributed by atoms with Crippen LogP contribution in [0.25, 0.3) is 0 Å². The number of aryl methyl sites for hydroxylation is 2. The standard InChI is InChI=1S/C16H26N2O.ClH/c1-11(2)9-16(5,10-17)18-15(19)14-7-6-12(3)13(4)8-14;/h6-8,11H,9-10,17H2,1-5H3,(H,18,19);1H. The molecular weight excluding hydrogens is 272 g/mol. The molecule has 0 aliphatic carbocycles. The molecule has 1 atom stereocenters. The van der Waals surface area contributed by atoms with E-state index >= 15 is 0 Å². The van der Waals surface area contributed by atoms with Gasteiger partial charge in [0.05, 0.1) is 0 Å². The van der Waals surface area contributed by atoms with Crippen LogP contribution in [0.2, 0.25) is 0 Å². The molecule has 4 heteroatoms. The van der Waals surface area contributed by atoms with Crippen LogP contribution in [0.15, 0.2) is 18.2 Å². The first kappa shape index (κ1) is 18.9. The SMILES string of the molecule is Cc1ccc(C(=O)NC(C)(CN)CC(C)C)cc1C.Cl. The molecule has 20 heavy (non-hydrogen) atoms. The molecule has 0 heterocycles. The van der Waals surface area contributed by atoms with E-state index in [-0.39, 0.29) is 23.9 Å². The summed E-state index contributed by atoms with van der Waals surface area (Å²) in [5.41, 5.74) is 8.50. The van der Waals surface area contributed by atoms with Crippen LogP contribution in [0.4, 0.5) is 0 Å². The van der Waals surface area contributed by atoms with E-state index in [1.807, 2.05) is 39.0 Å². The highest BCUT2D eigenvalue weighted by molar-refractivity contribution is 5.95. The number of hydrogen-bond acceptors (Lipinski definition) is 2. The second-order valence-corrected chi connectivity index (χ2v) is 6.12. The molecule has 3 N–H and O–H groups in total. The number of carbonyl (C=O) groups is 1. The lowest BCUT2D eigenvalue weighted by Crippen LogP contribution is -2.52. The Bertz CT molecular complexity index is 460. The van der Waals surface area contributed by atoms with Crippen LogP contribution in [0, 0.1) is 19.8 Å². The summed E-state index contributed by atoms with van der Waals surface area (Å²) < 4.78 is 0. The highest BCUT2D eigenvalue weighted by Crippen LogP contribution is 2.17. The minimum atomic E-state index is -0.343. The topological polar surface area (TPSA) is 55.1 Å². The van der Waals surface area contributed by atoms with Gasteiger partial charge in [0.1, 0.15) is 0 Å². The number of carbonyl (C=O) groups excluding carboxylic acids is 1. The zero-order valence-corrected chi connectivity index (χ0v) is 13.9. The Balaban J connectivity index is 0.00000361. The minimum Gasteiger partial charge on any atom is -0.346 e. The molecule has 0 aliphatic heterocycles. The largest absolute Gasteiger partial charge is 0.346 e. The van der Waals surface area contributed by atoms with E-state index in [0.717, 1.165) is 12.0 Å². The van der Waals surface area contributed by atoms with Crippen LogP contribution in [0.1, 0.15) is 48.7 Å². The second-order valence-electron chi connectivity index (χ2n) is 6.12. The Morgan fingerprint density at radius 3 is 2.35 bits per heavy atom. The summed E-state index contributed by atoms with van der Waals surface area (Å²) in [7, 11) is 0. The van der Waals surface area contributed by atoms with Crippen LogP contribution >= 0.6 is 12.4 Å². The Labute approximate surface area is 128 Å². The first-order chi connectivity index (χ1) is 8.77. The number of benzene rings is 1. The van der Waals surface area contributed by atoms with Crippen LogP contribution in [0.3, 0.4) is 0 Å². The summed E-state index contributed by atoms with van der Waals surface area (Å²) in [5.74, 6) is 0.449. The van der Waals surface area contributed by atoms with Gasteiger partial charge in [0, 0.05) is 17.6 Å². The summed E-state index contributed by atoms with van der Waals surface area (Å²) in [6, 6.07) is 5.77. The molecular formula is C16H27ClN2O. The summed E-state index contributed by atoms with van der Waals surface area (Å²) in [6.07, 6.45) is 0.875. The highest BCUT2D eigenvalue weighted by atomic mass is 35.5. The van der Waals surface area contributed by atoms with Crippen molar-refractivity contribution in [3.63, 3.8) is 0 Å². The monoisotopic (exact) mass is 298 g/mol. The molecule has 0 radical (unpaired) electrons. The summed E-state index contributed by atoms with van der Waals surface area (Å²) in [4.78, 5) is 12.3. The van der Waals surface area contributed by atoms with E-state index in [4.69, 9.17) is 5.73 Å². The van der Waals surface area contributed by atoms with Crippen molar-refractivity contribution < 1.29 is 4.79 Å². The number of rotatable bonds is 5. The average molecular weight is 299 g/mol. The van der Waals surface area contributed by atoms with Crippen molar-refractivity contribution in [3.8, 4) is 0 Å². The number of nitrogens with one attached hydrogen (secondary N) is 1. The van der Waals surface area contributed by atoms with Crippen LogP contribution in [-0.4, -0.2) is 18.0 Å². The molecule has 1 unspecified atom stereocenters. The van der Waals surface area contributed by atoms with Crippen molar-refractivity contribution in [1.82, 2.24) is 5.32 Å². The van der Waals surface area contributed by atoms with Crippen molar-refractivity contribution >= 4 is 18.3 Å². The van der Waals surface area contributed by atoms with Crippen molar-refractivity contribution in [2.75, 3.05) is 6.54 Å².